The molecule has 1 fully saturated rings. The van der Waals surface area contributed by atoms with Gasteiger partial charge in [-0.2, -0.15) is 4.31 Å². The van der Waals surface area contributed by atoms with Gasteiger partial charge in [-0.1, -0.05) is 0 Å². The average Bonchev–Trinajstić information content (AvgIpc) is 2.88. The van der Waals surface area contributed by atoms with Crippen LogP contribution >= 0.6 is 15.9 Å². The van der Waals surface area contributed by atoms with E-state index in [4.69, 9.17) is 9.84 Å². The highest BCUT2D eigenvalue weighted by atomic mass is 79.9. The number of carboxylic acids is 1. The van der Waals surface area contributed by atoms with Crippen LogP contribution < -0.4 is 4.74 Å². The summed E-state index contributed by atoms with van der Waals surface area (Å²) in [4.78, 5) is 11.2. The standard InChI is InChI=1S/C12H14BrNO5S/c1-19-11-5-4-8(7-9(11)13)20(17,18)14-6-2-3-10(14)12(15)16/h4-5,7,10H,2-3,6H2,1H3,(H,15,16)/t10-/m0/s1. The van der Waals surface area contributed by atoms with E-state index in [-0.39, 0.29) is 11.4 Å². The Balaban J connectivity index is 2.40. The third kappa shape index (κ3) is 2.68. The first-order chi connectivity index (χ1) is 9.37. The van der Waals surface area contributed by atoms with Gasteiger partial charge in [0.15, 0.2) is 0 Å². The van der Waals surface area contributed by atoms with Crippen LogP contribution in [-0.2, 0) is 14.8 Å². The average molecular weight is 364 g/mol. The molecule has 0 unspecified atom stereocenters. The fraction of sp³-hybridized carbons (Fsp3) is 0.417. The van der Waals surface area contributed by atoms with Gasteiger partial charge in [0.05, 0.1) is 16.5 Å². The van der Waals surface area contributed by atoms with Crippen LogP contribution in [0.25, 0.3) is 0 Å². The van der Waals surface area contributed by atoms with Crippen LogP contribution in [0.4, 0.5) is 0 Å². The highest BCUT2D eigenvalue weighted by Gasteiger charge is 2.39. The van der Waals surface area contributed by atoms with Crippen molar-refractivity contribution >= 4 is 31.9 Å². The van der Waals surface area contributed by atoms with Gasteiger partial charge in [0.1, 0.15) is 11.8 Å². The van der Waals surface area contributed by atoms with Crippen molar-refractivity contribution < 1.29 is 23.1 Å². The van der Waals surface area contributed by atoms with Crippen molar-refractivity contribution in [2.24, 2.45) is 0 Å². The van der Waals surface area contributed by atoms with Crippen LogP contribution in [0.1, 0.15) is 12.8 Å². The summed E-state index contributed by atoms with van der Waals surface area (Å²) < 4.78 is 31.6. The molecule has 1 N–H and O–H groups in total. The van der Waals surface area contributed by atoms with E-state index < -0.39 is 22.0 Å². The molecule has 0 spiro atoms. The monoisotopic (exact) mass is 363 g/mol. The van der Waals surface area contributed by atoms with E-state index in [0.717, 1.165) is 4.31 Å². The number of ether oxygens (including phenoxy) is 1. The molecule has 1 atom stereocenters. The number of methoxy groups -OCH3 is 1. The Labute approximate surface area is 125 Å². The van der Waals surface area contributed by atoms with E-state index in [1.54, 1.807) is 0 Å². The van der Waals surface area contributed by atoms with Crippen LogP contribution in [0, 0.1) is 0 Å². The van der Waals surface area contributed by atoms with Gasteiger partial charge in [0.2, 0.25) is 10.0 Å². The molecule has 0 aliphatic carbocycles. The molecule has 110 valence electrons. The van der Waals surface area contributed by atoms with Gasteiger partial charge in [-0.25, -0.2) is 8.42 Å². The molecule has 0 saturated carbocycles. The van der Waals surface area contributed by atoms with Gasteiger partial charge in [0, 0.05) is 6.54 Å². The SMILES string of the molecule is COc1ccc(S(=O)(=O)N2CCC[C@H]2C(=O)O)cc1Br. The Morgan fingerprint density at radius 3 is 2.75 bits per heavy atom. The maximum atomic E-state index is 12.5. The summed E-state index contributed by atoms with van der Waals surface area (Å²) in [6, 6.07) is 3.38. The number of hydrogen-bond donors (Lipinski definition) is 1. The molecule has 1 aromatic carbocycles. The number of halogens is 1. The molecule has 2 rings (SSSR count). The van der Waals surface area contributed by atoms with Gasteiger partial charge in [-0.05, 0) is 47.0 Å². The number of carboxylic acid groups (broad SMARTS) is 1. The molecule has 1 aromatic rings. The van der Waals surface area contributed by atoms with Gasteiger partial charge < -0.3 is 9.84 Å². The number of rotatable bonds is 4. The lowest BCUT2D eigenvalue weighted by atomic mass is 10.2. The molecule has 6 nitrogen and oxygen atoms in total. The van der Waals surface area contributed by atoms with Crippen molar-refractivity contribution in [2.45, 2.75) is 23.8 Å². The zero-order valence-corrected chi connectivity index (χ0v) is 13.1. The minimum absolute atomic E-state index is 0.0540. The first-order valence-electron chi connectivity index (χ1n) is 5.96. The third-order valence-corrected chi connectivity index (χ3v) is 5.74. The topological polar surface area (TPSA) is 83.9 Å². The zero-order chi connectivity index (χ0) is 14.9. The van der Waals surface area contributed by atoms with Gasteiger partial charge in [-0.3, -0.25) is 4.79 Å². The van der Waals surface area contributed by atoms with Crippen LogP contribution in [0.5, 0.6) is 5.75 Å². The number of benzene rings is 1. The zero-order valence-electron chi connectivity index (χ0n) is 10.7. The van der Waals surface area contributed by atoms with Crippen molar-refractivity contribution in [2.75, 3.05) is 13.7 Å². The Bertz CT molecular complexity index is 631. The number of sulfonamides is 1. The van der Waals surface area contributed by atoms with Crippen molar-refractivity contribution in [3.63, 3.8) is 0 Å². The Morgan fingerprint density at radius 1 is 1.50 bits per heavy atom. The summed E-state index contributed by atoms with van der Waals surface area (Å²) in [5.41, 5.74) is 0. The van der Waals surface area contributed by atoms with E-state index >= 15 is 0 Å². The second-order valence-electron chi connectivity index (χ2n) is 4.41. The normalized spacial score (nSPS) is 20.0. The molecule has 20 heavy (non-hydrogen) atoms. The summed E-state index contributed by atoms with van der Waals surface area (Å²) in [5, 5.41) is 9.10. The second kappa shape index (κ2) is 5.71. The minimum Gasteiger partial charge on any atom is -0.496 e. The maximum Gasteiger partial charge on any atom is 0.322 e. The van der Waals surface area contributed by atoms with Gasteiger partial charge in [0.25, 0.3) is 0 Å². The number of hydrogen-bond acceptors (Lipinski definition) is 4. The molecule has 0 bridgehead atoms. The molecular formula is C12H14BrNO5S. The third-order valence-electron chi connectivity index (χ3n) is 3.22. The molecule has 0 amide bonds. The maximum absolute atomic E-state index is 12.5. The summed E-state index contributed by atoms with van der Waals surface area (Å²) >= 11 is 3.23. The largest absolute Gasteiger partial charge is 0.496 e. The van der Waals surface area contributed by atoms with E-state index in [9.17, 15) is 13.2 Å². The van der Waals surface area contributed by atoms with E-state index in [1.807, 2.05) is 0 Å². The van der Waals surface area contributed by atoms with Crippen LogP contribution in [-0.4, -0.2) is 43.5 Å². The lowest BCUT2D eigenvalue weighted by molar-refractivity contribution is -0.140. The van der Waals surface area contributed by atoms with E-state index in [1.165, 1.54) is 25.3 Å². The number of aliphatic carboxylic acids is 1. The highest BCUT2D eigenvalue weighted by Crippen LogP contribution is 2.31. The molecule has 1 aliphatic rings. The number of nitrogens with zero attached hydrogens (tertiary/aromatic N) is 1. The molecule has 0 aromatic heterocycles. The molecule has 1 heterocycles. The predicted molar refractivity (Wildman–Crippen MR) is 75.2 cm³/mol. The van der Waals surface area contributed by atoms with E-state index in [2.05, 4.69) is 15.9 Å². The molecule has 1 aliphatic heterocycles. The first kappa shape index (κ1) is 15.3. The second-order valence-corrected chi connectivity index (χ2v) is 7.15. The lowest BCUT2D eigenvalue weighted by Gasteiger charge is -2.21. The highest BCUT2D eigenvalue weighted by molar-refractivity contribution is 9.10. The molecule has 0 radical (unpaired) electrons. The fourth-order valence-corrected chi connectivity index (χ4v) is 4.59. The van der Waals surface area contributed by atoms with Crippen molar-refractivity contribution in [1.29, 1.82) is 0 Å². The van der Waals surface area contributed by atoms with Gasteiger partial charge in [-0.15, -0.1) is 0 Å². The van der Waals surface area contributed by atoms with Crippen molar-refractivity contribution in [1.82, 2.24) is 4.31 Å². The summed E-state index contributed by atoms with van der Waals surface area (Å²) in [5.74, 6) is -0.598. The first-order valence-corrected chi connectivity index (χ1v) is 8.19. The summed E-state index contributed by atoms with van der Waals surface area (Å²) in [7, 11) is -2.33. The molecular weight excluding hydrogens is 350 g/mol. The van der Waals surface area contributed by atoms with Crippen LogP contribution in [0.15, 0.2) is 27.6 Å². The van der Waals surface area contributed by atoms with Crippen molar-refractivity contribution in [3.8, 4) is 5.75 Å². The van der Waals surface area contributed by atoms with Crippen molar-refractivity contribution in [3.05, 3.63) is 22.7 Å². The quantitative estimate of drug-likeness (QED) is 0.879. The van der Waals surface area contributed by atoms with Crippen LogP contribution in [0.3, 0.4) is 0 Å². The summed E-state index contributed by atoms with van der Waals surface area (Å²) in [6.45, 7) is 0.225. The lowest BCUT2D eigenvalue weighted by Crippen LogP contribution is -2.40. The predicted octanol–water partition coefficient (Wildman–Crippen LogP) is 1.70. The van der Waals surface area contributed by atoms with Crippen LogP contribution in [0.2, 0.25) is 0 Å². The summed E-state index contributed by atoms with van der Waals surface area (Å²) in [6.07, 6.45) is 0.888. The van der Waals surface area contributed by atoms with E-state index in [0.29, 0.717) is 23.1 Å². The Hall–Kier alpha value is -1.12. The minimum atomic E-state index is -3.81. The Morgan fingerprint density at radius 2 is 2.20 bits per heavy atom. The fourth-order valence-electron chi connectivity index (χ4n) is 2.22. The number of carbonyl (C=O) groups is 1. The Kier molecular flexibility index (Phi) is 4.36. The molecule has 1 saturated heterocycles. The molecule has 8 heteroatoms. The smallest absolute Gasteiger partial charge is 0.322 e. The van der Waals surface area contributed by atoms with Gasteiger partial charge >= 0.3 is 5.97 Å².